The minimum Gasteiger partial charge on any atom is -0.382 e. The number of anilines is 3. The molecule has 9 nitrogen and oxygen atoms in total. The van der Waals surface area contributed by atoms with Crippen molar-refractivity contribution in [1.82, 2.24) is 15.0 Å². The SMILES string of the molecule is Cc1cc(N2CCOCC2)c(NC(=O)c2nc(-c3ccc(CCN)cc3)cnc2N)cn1. The summed E-state index contributed by atoms with van der Waals surface area (Å²) in [7, 11) is 0. The molecule has 1 amide bonds. The van der Waals surface area contributed by atoms with Gasteiger partial charge in [0.05, 0.1) is 42.7 Å². The molecular weight excluding hydrogens is 406 g/mol. The van der Waals surface area contributed by atoms with E-state index in [1.54, 1.807) is 12.4 Å². The third-order valence-electron chi connectivity index (χ3n) is 5.32. The van der Waals surface area contributed by atoms with E-state index in [1.165, 1.54) is 0 Å². The number of carbonyl (C=O) groups is 1. The van der Waals surface area contributed by atoms with Crippen LogP contribution in [0.25, 0.3) is 11.3 Å². The van der Waals surface area contributed by atoms with Crippen LogP contribution in [0.2, 0.25) is 0 Å². The Morgan fingerprint density at radius 1 is 1.16 bits per heavy atom. The lowest BCUT2D eigenvalue weighted by Crippen LogP contribution is -2.37. The molecule has 4 rings (SSSR count). The van der Waals surface area contributed by atoms with E-state index >= 15 is 0 Å². The van der Waals surface area contributed by atoms with Crippen LogP contribution in [0, 0.1) is 6.92 Å². The Bertz CT molecular complexity index is 1100. The van der Waals surface area contributed by atoms with Crippen molar-refractivity contribution >= 4 is 23.1 Å². The Labute approximate surface area is 186 Å². The number of carbonyl (C=O) groups excluding carboxylic acids is 1. The van der Waals surface area contributed by atoms with Crippen LogP contribution in [0.15, 0.2) is 42.7 Å². The zero-order valence-electron chi connectivity index (χ0n) is 18.0. The molecule has 1 aliphatic heterocycles. The van der Waals surface area contributed by atoms with Gasteiger partial charge in [0.2, 0.25) is 0 Å². The van der Waals surface area contributed by atoms with Crippen molar-refractivity contribution < 1.29 is 9.53 Å². The number of aryl methyl sites for hydroxylation is 1. The predicted molar refractivity (Wildman–Crippen MR) is 125 cm³/mol. The van der Waals surface area contributed by atoms with Gasteiger partial charge in [-0.1, -0.05) is 24.3 Å². The number of pyridine rings is 1. The average molecular weight is 434 g/mol. The number of nitrogen functional groups attached to an aromatic ring is 1. The molecule has 0 aliphatic carbocycles. The zero-order valence-corrected chi connectivity index (χ0v) is 18.0. The van der Waals surface area contributed by atoms with E-state index in [2.05, 4.69) is 25.2 Å². The second-order valence-corrected chi connectivity index (χ2v) is 7.62. The Hall–Kier alpha value is -3.56. The first-order valence-electron chi connectivity index (χ1n) is 10.6. The average Bonchev–Trinajstić information content (AvgIpc) is 2.82. The molecule has 166 valence electrons. The van der Waals surface area contributed by atoms with Gasteiger partial charge in [0.25, 0.3) is 5.91 Å². The molecule has 0 saturated carbocycles. The monoisotopic (exact) mass is 433 g/mol. The van der Waals surface area contributed by atoms with Crippen LogP contribution < -0.4 is 21.7 Å². The third kappa shape index (κ3) is 4.84. The first kappa shape index (κ1) is 21.7. The summed E-state index contributed by atoms with van der Waals surface area (Å²) in [6, 6.07) is 9.81. The fourth-order valence-electron chi connectivity index (χ4n) is 3.60. The molecule has 5 N–H and O–H groups in total. The Morgan fingerprint density at radius 2 is 1.91 bits per heavy atom. The molecule has 9 heteroatoms. The fourth-order valence-corrected chi connectivity index (χ4v) is 3.60. The number of aromatic nitrogens is 3. The standard InChI is InChI=1S/C23H27N7O2/c1-15-12-20(30-8-10-32-11-9-30)19(14-26-15)29-23(31)21-22(25)27-13-18(28-21)17-4-2-16(3-5-17)6-7-24/h2-5,12-14H,6-11,24H2,1H3,(H2,25,27)(H,29,31). The number of ether oxygens (including phenoxy) is 1. The molecule has 0 radical (unpaired) electrons. The summed E-state index contributed by atoms with van der Waals surface area (Å²) in [5.74, 6) is -0.365. The largest absolute Gasteiger partial charge is 0.382 e. The van der Waals surface area contributed by atoms with Gasteiger partial charge in [0.1, 0.15) is 0 Å². The molecule has 3 heterocycles. The van der Waals surface area contributed by atoms with E-state index in [-0.39, 0.29) is 11.5 Å². The van der Waals surface area contributed by atoms with E-state index < -0.39 is 5.91 Å². The molecule has 32 heavy (non-hydrogen) atoms. The van der Waals surface area contributed by atoms with Crippen LogP contribution in [0.3, 0.4) is 0 Å². The highest BCUT2D eigenvalue weighted by Gasteiger charge is 2.20. The van der Waals surface area contributed by atoms with Gasteiger partial charge in [0, 0.05) is 24.3 Å². The fraction of sp³-hybridized carbons (Fsp3) is 0.304. The van der Waals surface area contributed by atoms with Crippen molar-refractivity contribution in [2.45, 2.75) is 13.3 Å². The smallest absolute Gasteiger partial charge is 0.278 e. The molecule has 0 atom stereocenters. The normalized spacial score (nSPS) is 13.8. The highest BCUT2D eigenvalue weighted by atomic mass is 16.5. The van der Waals surface area contributed by atoms with Gasteiger partial charge in [-0.05, 0) is 31.5 Å². The number of morpholine rings is 1. The number of rotatable bonds is 6. The van der Waals surface area contributed by atoms with Crippen LogP contribution in [-0.4, -0.2) is 53.7 Å². The topological polar surface area (TPSA) is 132 Å². The minimum absolute atomic E-state index is 0.0685. The first-order valence-corrected chi connectivity index (χ1v) is 10.6. The summed E-state index contributed by atoms with van der Waals surface area (Å²) in [6.07, 6.45) is 4.02. The van der Waals surface area contributed by atoms with E-state index in [0.717, 1.165) is 42.0 Å². The summed E-state index contributed by atoms with van der Waals surface area (Å²) in [4.78, 5) is 28.3. The van der Waals surface area contributed by atoms with Gasteiger partial charge >= 0.3 is 0 Å². The van der Waals surface area contributed by atoms with E-state index in [0.29, 0.717) is 31.1 Å². The van der Waals surface area contributed by atoms with Crippen molar-refractivity contribution in [2.24, 2.45) is 5.73 Å². The molecule has 1 aromatic carbocycles. The van der Waals surface area contributed by atoms with Crippen molar-refractivity contribution in [1.29, 1.82) is 0 Å². The van der Waals surface area contributed by atoms with Gasteiger partial charge < -0.3 is 26.4 Å². The van der Waals surface area contributed by atoms with Gasteiger partial charge in [-0.2, -0.15) is 0 Å². The van der Waals surface area contributed by atoms with Crippen molar-refractivity contribution in [3.63, 3.8) is 0 Å². The number of nitrogens with two attached hydrogens (primary N) is 2. The summed E-state index contributed by atoms with van der Waals surface area (Å²) in [5.41, 5.74) is 16.6. The molecule has 0 unspecified atom stereocenters. The maximum Gasteiger partial charge on any atom is 0.278 e. The summed E-state index contributed by atoms with van der Waals surface area (Å²) >= 11 is 0. The number of nitrogens with one attached hydrogen (secondary N) is 1. The maximum atomic E-state index is 13.1. The minimum atomic E-state index is -0.434. The van der Waals surface area contributed by atoms with Gasteiger partial charge in [0.15, 0.2) is 11.5 Å². The molecule has 1 aliphatic rings. The Balaban J connectivity index is 1.59. The van der Waals surface area contributed by atoms with E-state index in [1.807, 2.05) is 37.3 Å². The van der Waals surface area contributed by atoms with Crippen LogP contribution >= 0.6 is 0 Å². The molecule has 0 spiro atoms. The second-order valence-electron chi connectivity index (χ2n) is 7.62. The number of hydrogen-bond donors (Lipinski definition) is 3. The first-order chi connectivity index (χ1) is 15.5. The highest BCUT2D eigenvalue weighted by molar-refractivity contribution is 6.07. The van der Waals surface area contributed by atoms with Crippen LogP contribution in [0.5, 0.6) is 0 Å². The van der Waals surface area contributed by atoms with Crippen LogP contribution in [0.1, 0.15) is 21.7 Å². The number of hydrogen-bond acceptors (Lipinski definition) is 8. The van der Waals surface area contributed by atoms with Crippen LogP contribution in [-0.2, 0) is 11.2 Å². The van der Waals surface area contributed by atoms with Gasteiger partial charge in [-0.25, -0.2) is 9.97 Å². The van der Waals surface area contributed by atoms with Gasteiger partial charge in [-0.3, -0.25) is 9.78 Å². The zero-order chi connectivity index (χ0) is 22.5. The summed E-state index contributed by atoms with van der Waals surface area (Å²) < 4.78 is 5.45. The lowest BCUT2D eigenvalue weighted by molar-refractivity contribution is 0.102. The maximum absolute atomic E-state index is 13.1. The van der Waals surface area contributed by atoms with E-state index in [9.17, 15) is 4.79 Å². The quantitative estimate of drug-likeness (QED) is 0.538. The molecule has 1 fully saturated rings. The molecule has 2 aromatic heterocycles. The lowest BCUT2D eigenvalue weighted by atomic mass is 10.1. The predicted octanol–water partition coefficient (Wildman–Crippen LogP) is 2.02. The van der Waals surface area contributed by atoms with Gasteiger partial charge in [-0.15, -0.1) is 0 Å². The second kappa shape index (κ2) is 9.71. The van der Waals surface area contributed by atoms with Crippen molar-refractivity contribution in [3.8, 4) is 11.3 Å². The Kier molecular flexibility index (Phi) is 6.58. The molecule has 1 saturated heterocycles. The third-order valence-corrected chi connectivity index (χ3v) is 5.32. The number of nitrogens with zero attached hydrogens (tertiary/aromatic N) is 4. The number of benzene rings is 1. The molecule has 0 bridgehead atoms. The highest BCUT2D eigenvalue weighted by Crippen LogP contribution is 2.28. The van der Waals surface area contributed by atoms with E-state index in [4.69, 9.17) is 16.2 Å². The Morgan fingerprint density at radius 3 is 2.62 bits per heavy atom. The lowest BCUT2D eigenvalue weighted by Gasteiger charge is -2.30. The van der Waals surface area contributed by atoms with Crippen molar-refractivity contribution in [3.05, 3.63) is 59.7 Å². The van der Waals surface area contributed by atoms with Crippen molar-refractivity contribution in [2.75, 3.05) is 48.8 Å². The number of amides is 1. The van der Waals surface area contributed by atoms with Crippen LogP contribution in [0.4, 0.5) is 17.2 Å². The molecule has 3 aromatic rings. The summed E-state index contributed by atoms with van der Waals surface area (Å²) in [5, 5.41) is 2.92. The molecular formula is C23H27N7O2. The summed E-state index contributed by atoms with van der Waals surface area (Å²) in [6.45, 7) is 5.26.